The molecule has 0 aromatic heterocycles. The Morgan fingerprint density at radius 2 is 1.92 bits per heavy atom. The summed E-state index contributed by atoms with van der Waals surface area (Å²) >= 11 is 0. The number of carbonyl (C=O) groups excluding carboxylic acids is 1. The molecule has 1 unspecified atom stereocenters. The smallest absolute Gasteiger partial charge is 0.334 e. The molecule has 0 N–H and O–H groups in total. The zero-order chi connectivity index (χ0) is 9.78. The fourth-order valence-corrected chi connectivity index (χ4v) is 0.502. The van der Waals surface area contributed by atoms with Crippen molar-refractivity contribution in [1.29, 1.82) is 0 Å². The molecule has 3 heteroatoms. The van der Waals surface area contributed by atoms with Gasteiger partial charge in [-0.2, -0.15) is 0 Å². The third-order valence-corrected chi connectivity index (χ3v) is 1.68. The number of nitrogens with zero attached hydrogens (tertiary/aromatic N) is 1. The number of hydrogen-bond donors (Lipinski definition) is 0. The van der Waals surface area contributed by atoms with Crippen molar-refractivity contribution >= 4 is 5.97 Å². The van der Waals surface area contributed by atoms with Gasteiger partial charge in [0.25, 0.3) is 0 Å². The van der Waals surface area contributed by atoms with E-state index >= 15 is 0 Å². The molecule has 70 valence electrons. The van der Waals surface area contributed by atoms with Crippen LogP contribution >= 0.6 is 0 Å². The predicted molar refractivity (Wildman–Crippen MR) is 48.4 cm³/mol. The van der Waals surface area contributed by atoms with Crippen LogP contribution < -0.4 is 0 Å². The Bertz CT molecular complexity index is 179. The second-order valence-corrected chi connectivity index (χ2v) is 3.65. The Morgan fingerprint density at radius 3 is 2.25 bits per heavy atom. The van der Waals surface area contributed by atoms with Gasteiger partial charge in [0.2, 0.25) is 6.23 Å². The maximum absolute atomic E-state index is 11.0. The summed E-state index contributed by atoms with van der Waals surface area (Å²) in [6, 6.07) is 0. The highest BCUT2D eigenvalue weighted by molar-refractivity contribution is 5.81. The van der Waals surface area contributed by atoms with Gasteiger partial charge in [0.05, 0.1) is 21.1 Å². The lowest BCUT2D eigenvalue weighted by Gasteiger charge is -2.30. The maximum Gasteiger partial charge on any atom is 0.334 e. The molecule has 0 aliphatic heterocycles. The van der Waals surface area contributed by atoms with Crippen LogP contribution in [-0.4, -0.2) is 37.8 Å². The van der Waals surface area contributed by atoms with E-state index in [9.17, 15) is 4.79 Å². The molecule has 12 heavy (non-hydrogen) atoms. The van der Waals surface area contributed by atoms with Crippen molar-refractivity contribution in [1.82, 2.24) is 0 Å². The molecule has 0 bridgehead atoms. The van der Waals surface area contributed by atoms with E-state index < -0.39 is 0 Å². The fraction of sp³-hybridized carbons (Fsp3) is 0.667. The summed E-state index contributed by atoms with van der Waals surface area (Å²) in [5.74, 6) is -0.280. The van der Waals surface area contributed by atoms with Gasteiger partial charge < -0.3 is 4.74 Å². The van der Waals surface area contributed by atoms with Gasteiger partial charge in [-0.1, -0.05) is 6.08 Å². The molecule has 0 amide bonds. The summed E-state index contributed by atoms with van der Waals surface area (Å²) in [6.45, 7) is 3.67. The van der Waals surface area contributed by atoms with Crippen molar-refractivity contribution in [2.24, 2.45) is 0 Å². The quantitative estimate of drug-likeness (QED) is 0.276. The van der Waals surface area contributed by atoms with Gasteiger partial charge >= 0.3 is 5.97 Å². The minimum Gasteiger partial charge on any atom is -0.410 e. The zero-order valence-corrected chi connectivity index (χ0v) is 8.50. The molecule has 0 saturated heterocycles. The predicted octanol–water partition coefficient (Wildman–Crippen LogP) is 1.16. The number of ether oxygens (including phenoxy) is 1. The number of esters is 1. The van der Waals surface area contributed by atoms with Gasteiger partial charge in [0.15, 0.2) is 0 Å². The molecule has 0 aromatic rings. The van der Waals surface area contributed by atoms with Gasteiger partial charge in [-0.3, -0.25) is 4.48 Å². The highest BCUT2D eigenvalue weighted by atomic mass is 16.6. The minimum atomic E-state index is -0.280. The number of allylic oxidation sites excluding steroid dienone is 1. The molecule has 0 spiro atoms. The van der Waals surface area contributed by atoms with Crippen LogP contribution in [0, 0.1) is 0 Å². The summed E-state index contributed by atoms with van der Waals surface area (Å²) in [4.78, 5) is 11.0. The number of rotatable bonds is 3. The molecule has 3 nitrogen and oxygen atoms in total. The van der Waals surface area contributed by atoms with Crippen LogP contribution in [0.4, 0.5) is 0 Å². The van der Waals surface area contributed by atoms with Crippen LogP contribution in [0.1, 0.15) is 13.8 Å². The van der Waals surface area contributed by atoms with Crippen molar-refractivity contribution in [3.05, 3.63) is 12.2 Å². The van der Waals surface area contributed by atoms with Crippen LogP contribution in [0.3, 0.4) is 0 Å². The van der Waals surface area contributed by atoms with E-state index in [2.05, 4.69) is 0 Å². The van der Waals surface area contributed by atoms with Gasteiger partial charge in [-0.15, -0.1) is 0 Å². The summed E-state index contributed by atoms with van der Waals surface area (Å²) in [7, 11) is 5.94. The Hall–Kier alpha value is -0.830. The van der Waals surface area contributed by atoms with E-state index in [4.69, 9.17) is 4.74 Å². The largest absolute Gasteiger partial charge is 0.410 e. The molecular formula is C9H18NO2+. The van der Waals surface area contributed by atoms with Crippen molar-refractivity contribution in [3.63, 3.8) is 0 Å². The molecule has 0 saturated carbocycles. The van der Waals surface area contributed by atoms with E-state index in [1.54, 1.807) is 13.0 Å². The molecule has 0 heterocycles. The fourth-order valence-electron chi connectivity index (χ4n) is 0.502. The number of hydrogen-bond acceptors (Lipinski definition) is 2. The first-order valence-electron chi connectivity index (χ1n) is 4.02. The summed E-state index contributed by atoms with van der Waals surface area (Å²) in [5, 5.41) is 0. The number of carbonyl (C=O) groups is 1. The van der Waals surface area contributed by atoms with Crippen LogP contribution in [-0.2, 0) is 9.53 Å². The average Bonchev–Trinajstić information content (AvgIpc) is 1.85. The highest BCUT2D eigenvalue weighted by Crippen LogP contribution is 2.03. The van der Waals surface area contributed by atoms with E-state index in [1.807, 2.05) is 28.1 Å². The van der Waals surface area contributed by atoms with Crippen LogP contribution in [0.5, 0.6) is 0 Å². The first kappa shape index (κ1) is 11.2. The first-order chi connectivity index (χ1) is 5.38. The molecule has 0 rings (SSSR count). The Labute approximate surface area is 74.2 Å². The summed E-state index contributed by atoms with van der Waals surface area (Å²) in [6.07, 6.45) is 2.98. The first-order valence-corrected chi connectivity index (χ1v) is 4.02. The van der Waals surface area contributed by atoms with E-state index in [1.165, 1.54) is 6.08 Å². The van der Waals surface area contributed by atoms with Crippen LogP contribution in [0.15, 0.2) is 12.2 Å². The van der Waals surface area contributed by atoms with Gasteiger partial charge in [0.1, 0.15) is 0 Å². The van der Waals surface area contributed by atoms with Crippen molar-refractivity contribution < 1.29 is 14.0 Å². The van der Waals surface area contributed by atoms with Crippen molar-refractivity contribution in [2.75, 3.05) is 21.1 Å². The second-order valence-electron chi connectivity index (χ2n) is 3.65. The van der Waals surface area contributed by atoms with Gasteiger partial charge in [0, 0.05) is 13.0 Å². The summed E-state index contributed by atoms with van der Waals surface area (Å²) in [5.41, 5.74) is 0. The standard InChI is InChI=1S/C9H18NO2/c1-6-7-9(11)12-8(2)10(3,4)5/h6-8H,1-5H3/q+1. The monoisotopic (exact) mass is 172 g/mol. The lowest BCUT2D eigenvalue weighted by Crippen LogP contribution is -2.45. The lowest BCUT2D eigenvalue weighted by atomic mass is 10.5. The van der Waals surface area contributed by atoms with E-state index in [0.717, 1.165) is 0 Å². The topological polar surface area (TPSA) is 26.3 Å². The number of quaternary nitrogens is 1. The Balaban J connectivity index is 4.01. The molecule has 1 atom stereocenters. The SMILES string of the molecule is CC=CC(=O)OC(C)[N+](C)(C)C. The molecular weight excluding hydrogens is 154 g/mol. The molecule has 0 radical (unpaired) electrons. The van der Waals surface area contributed by atoms with Crippen LogP contribution in [0.2, 0.25) is 0 Å². The second kappa shape index (κ2) is 4.26. The Kier molecular flexibility index (Phi) is 3.96. The maximum atomic E-state index is 11.0. The molecule has 0 aliphatic rings. The lowest BCUT2D eigenvalue weighted by molar-refractivity contribution is -0.914. The summed E-state index contributed by atoms with van der Waals surface area (Å²) < 4.78 is 5.72. The van der Waals surface area contributed by atoms with E-state index in [-0.39, 0.29) is 12.2 Å². The zero-order valence-electron chi connectivity index (χ0n) is 8.50. The molecule has 0 aromatic carbocycles. The third kappa shape index (κ3) is 4.13. The average molecular weight is 172 g/mol. The van der Waals surface area contributed by atoms with Crippen molar-refractivity contribution in [2.45, 2.75) is 20.1 Å². The molecule has 0 fully saturated rings. The molecule has 0 aliphatic carbocycles. The third-order valence-electron chi connectivity index (χ3n) is 1.68. The Morgan fingerprint density at radius 1 is 1.42 bits per heavy atom. The normalized spacial score (nSPS) is 14.8. The van der Waals surface area contributed by atoms with E-state index in [0.29, 0.717) is 4.48 Å². The van der Waals surface area contributed by atoms with Crippen molar-refractivity contribution in [3.8, 4) is 0 Å². The van der Waals surface area contributed by atoms with Crippen LogP contribution in [0.25, 0.3) is 0 Å². The van der Waals surface area contributed by atoms with Gasteiger partial charge in [-0.05, 0) is 6.92 Å². The minimum absolute atomic E-state index is 0.117. The highest BCUT2D eigenvalue weighted by Gasteiger charge is 2.20. The van der Waals surface area contributed by atoms with Gasteiger partial charge in [-0.25, -0.2) is 4.79 Å².